The maximum absolute atomic E-state index is 12.4. The Kier molecular flexibility index (Phi) is 7.11. The summed E-state index contributed by atoms with van der Waals surface area (Å²) in [5.41, 5.74) is 1.01. The third-order valence-corrected chi connectivity index (χ3v) is 5.79. The molecule has 2 aromatic carbocycles. The number of hydrogen-bond acceptors (Lipinski definition) is 5. The average Bonchev–Trinajstić information content (AvgIpc) is 3.27. The summed E-state index contributed by atoms with van der Waals surface area (Å²) in [7, 11) is 1.66. The fourth-order valence-corrected chi connectivity index (χ4v) is 3.91. The Morgan fingerprint density at radius 1 is 0.968 bits per heavy atom. The Hall–Kier alpha value is -2.97. The number of ether oxygens (including phenoxy) is 4. The van der Waals surface area contributed by atoms with Gasteiger partial charge in [0.05, 0.1) is 7.11 Å². The van der Waals surface area contributed by atoms with Gasteiger partial charge in [0.25, 0.3) is 5.91 Å². The Balaban J connectivity index is 1.11. The molecule has 0 atom stereocenters. The summed E-state index contributed by atoms with van der Waals surface area (Å²) in [6, 6.07) is 13.4. The summed E-state index contributed by atoms with van der Waals surface area (Å²) >= 11 is 0. The van der Waals surface area contributed by atoms with Crippen LogP contribution in [-0.4, -0.2) is 65.7 Å². The van der Waals surface area contributed by atoms with Crippen LogP contribution in [0.1, 0.15) is 5.56 Å². The van der Waals surface area contributed by atoms with Crippen molar-refractivity contribution >= 4 is 5.91 Å². The Morgan fingerprint density at radius 3 is 2.45 bits per heavy atom. The van der Waals surface area contributed by atoms with Gasteiger partial charge in [0.2, 0.25) is 6.79 Å². The van der Waals surface area contributed by atoms with E-state index < -0.39 is 0 Å². The molecule has 166 valence electrons. The highest BCUT2D eigenvalue weighted by atomic mass is 16.7. The first-order chi connectivity index (χ1) is 15.2. The number of piperazine rings is 1. The number of benzene rings is 2. The molecule has 4 rings (SSSR count). The van der Waals surface area contributed by atoms with E-state index >= 15 is 0 Å². The van der Waals surface area contributed by atoms with Gasteiger partial charge in [-0.15, -0.1) is 0 Å². The fourth-order valence-electron chi connectivity index (χ4n) is 3.91. The molecule has 3 N–H and O–H groups in total. The molecular weight excluding hydrogens is 398 g/mol. The molecule has 0 bridgehead atoms. The van der Waals surface area contributed by atoms with E-state index in [1.165, 1.54) is 9.80 Å². The second-order valence-electron chi connectivity index (χ2n) is 7.92. The summed E-state index contributed by atoms with van der Waals surface area (Å²) in [5.74, 6) is 3.28. The van der Waals surface area contributed by atoms with Crippen molar-refractivity contribution in [1.29, 1.82) is 0 Å². The summed E-state index contributed by atoms with van der Waals surface area (Å²) in [6.07, 6.45) is 0. The van der Waals surface area contributed by atoms with Crippen molar-refractivity contribution in [3.8, 4) is 23.0 Å². The van der Waals surface area contributed by atoms with E-state index in [-0.39, 0.29) is 12.7 Å². The van der Waals surface area contributed by atoms with Crippen molar-refractivity contribution in [3.05, 3.63) is 48.0 Å². The Morgan fingerprint density at radius 2 is 1.68 bits per heavy atom. The van der Waals surface area contributed by atoms with E-state index in [0.29, 0.717) is 19.7 Å². The number of amides is 1. The van der Waals surface area contributed by atoms with Crippen LogP contribution in [0.3, 0.4) is 0 Å². The van der Waals surface area contributed by atoms with E-state index in [2.05, 4.69) is 5.32 Å². The molecule has 0 radical (unpaired) electrons. The van der Waals surface area contributed by atoms with Crippen molar-refractivity contribution in [2.24, 2.45) is 0 Å². The normalized spacial score (nSPS) is 19.6. The van der Waals surface area contributed by atoms with E-state index in [9.17, 15) is 4.79 Å². The van der Waals surface area contributed by atoms with Crippen molar-refractivity contribution in [1.82, 2.24) is 5.32 Å². The summed E-state index contributed by atoms with van der Waals surface area (Å²) in [6.45, 7) is 7.03. The van der Waals surface area contributed by atoms with E-state index in [4.69, 9.17) is 18.9 Å². The topological polar surface area (TPSA) is 74.9 Å². The molecule has 1 fully saturated rings. The zero-order chi connectivity index (χ0) is 21.5. The van der Waals surface area contributed by atoms with Gasteiger partial charge in [0.15, 0.2) is 18.0 Å². The van der Waals surface area contributed by atoms with Crippen LogP contribution in [-0.2, 0) is 11.3 Å². The highest BCUT2D eigenvalue weighted by Crippen LogP contribution is 2.32. The summed E-state index contributed by atoms with van der Waals surface area (Å²) in [4.78, 5) is 15.2. The number of methoxy groups -OCH3 is 1. The van der Waals surface area contributed by atoms with Gasteiger partial charge in [-0.05, 0) is 42.0 Å². The molecule has 0 unspecified atom stereocenters. The van der Waals surface area contributed by atoms with Gasteiger partial charge in [0, 0.05) is 6.54 Å². The molecule has 31 heavy (non-hydrogen) atoms. The smallest absolute Gasteiger partial charge is 0.275 e. The zero-order valence-electron chi connectivity index (χ0n) is 17.9. The molecule has 0 aromatic heterocycles. The SMILES string of the molecule is COc1ccc(OCC[NH+]2CC[NH+](CC(=O)NCc3ccc4c(c3)OCO4)CC2)cc1. The van der Waals surface area contributed by atoms with Gasteiger partial charge in [-0.2, -0.15) is 0 Å². The first-order valence-corrected chi connectivity index (χ1v) is 10.8. The van der Waals surface area contributed by atoms with Crippen LogP contribution >= 0.6 is 0 Å². The van der Waals surface area contributed by atoms with Crippen LogP contribution < -0.4 is 34.1 Å². The van der Waals surface area contributed by atoms with Gasteiger partial charge < -0.3 is 34.1 Å². The maximum Gasteiger partial charge on any atom is 0.275 e. The van der Waals surface area contributed by atoms with Crippen molar-refractivity contribution < 1.29 is 33.5 Å². The number of rotatable bonds is 9. The molecule has 1 saturated heterocycles. The van der Waals surface area contributed by atoms with Gasteiger partial charge in [-0.1, -0.05) is 6.07 Å². The minimum absolute atomic E-state index is 0.0824. The van der Waals surface area contributed by atoms with Crippen LogP contribution in [0, 0.1) is 0 Å². The standard InChI is InChI=1S/C23H29N3O5/c1-28-19-3-5-20(6-4-19)29-13-12-25-8-10-26(11-9-25)16-23(27)24-15-18-2-7-21-22(14-18)31-17-30-21/h2-7,14H,8-13,15-17H2,1H3,(H,24,27)/p+2. The third kappa shape index (κ3) is 6.02. The van der Waals surface area contributed by atoms with E-state index in [1.807, 2.05) is 42.5 Å². The van der Waals surface area contributed by atoms with Crippen LogP contribution in [0.15, 0.2) is 42.5 Å². The molecule has 8 nitrogen and oxygen atoms in total. The van der Waals surface area contributed by atoms with Crippen molar-refractivity contribution in [2.75, 3.05) is 59.8 Å². The number of carbonyl (C=O) groups is 1. The number of nitrogens with one attached hydrogen (secondary N) is 3. The van der Waals surface area contributed by atoms with Gasteiger partial charge in [-0.3, -0.25) is 4.79 Å². The Labute approximate surface area is 182 Å². The molecule has 0 aliphatic carbocycles. The molecule has 2 aliphatic heterocycles. The van der Waals surface area contributed by atoms with Crippen LogP contribution in [0.5, 0.6) is 23.0 Å². The molecule has 2 aliphatic rings. The largest absolute Gasteiger partial charge is 0.497 e. The highest BCUT2D eigenvalue weighted by molar-refractivity contribution is 5.76. The number of fused-ring (bicyclic) bond motifs is 1. The predicted octanol–water partition coefficient (Wildman–Crippen LogP) is -1.10. The lowest BCUT2D eigenvalue weighted by molar-refractivity contribution is -1.01. The molecule has 0 spiro atoms. The van der Waals surface area contributed by atoms with Gasteiger partial charge >= 0.3 is 0 Å². The molecular formula is C23H31N3O5+2. The minimum Gasteiger partial charge on any atom is -0.497 e. The molecule has 2 aromatic rings. The van der Waals surface area contributed by atoms with E-state index in [0.717, 1.165) is 61.3 Å². The summed E-state index contributed by atoms with van der Waals surface area (Å²) < 4.78 is 21.7. The van der Waals surface area contributed by atoms with Crippen molar-refractivity contribution in [3.63, 3.8) is 0 Å². The maximum atomic E-state index is 12.4. The lowest BCUT2D eigenvalue weighted by Gasteiger charge is -2.29. The monoisotopic (exact) mass is 429 g/mol. The number of carbonyl (C=O) groups excluding carboxylic acids is 1. The molecule has 2 heterocycles. The minimum atomic E-state index is 0.0824. The highest BCUT2D eigenvalue weighted by Gasteiger charge is 2.24. The fraction of sp³-hybridized carbons (Fsp3) is 0.435. The lowest BCUT2D eigenvalue weighted by atomic mass is 10.2. The van der Waals surface area contributed by atoms with Crippen LogP contribution in [0.25, 0.3) is 0 Å². The third-order valence-electron chi connectivity index (χ3n) is 5.79. The molecule has 1 amide bonds. The Bertz CT molecular complexity index is 866. The van der Waals surface area contributed by atoms with Gasteiger partial charge in [0.1, 0.15) is 50.8 Å². The second-order valence-corrected chi connectivity index (χ2v) is 7.92. The van der Waals surface area contributed by atoms with Crippen LogP contribution in [0.2, 0.25) is 0 Å². The summed E-state index contributed by atoms with van der Waals surface area (Å²) in [5, 5.41) is 3.02. The average molecular weight is 430 g/mol. The lowest BCUT2D eigenvalue weighted by Crippen LogP contribution is -3.28. The first kappa shape index (κ1) is 21.3. The molecule has 0 saturated carbocycles. The van der Waals surface area contributed by atoms with Crippen LogP contribution in [0.4, 0.5) is 0 Å². The van der Waals surface area contributed by atoms with Crippen molar-refractivity contribution in [2.45, 2.75) is 6.54 Å². The zero-order valence-corrected chi connectivity index (χ0v) is 17.9. The van der Waals surface area contributed by atoms with Gasteiger partial charge in [-0.25, -0.2) is 0 Å². The predicted molar refractivity (Wildman–Crippen MR) is 114 cm³/mol. The number of hydrogen-bond donors (Lipinski definition) is 3. The molecule has 8 heteroatoms. The quantitative estimate of drug-likeness (QED) is 0.472. The second kappa shape index (κ2) is 10.4. The first-order valence-electron chi connectivity index (χ1n) is 10.8. The van der Waals surface area contributed by atoms with E-state index in [1.54, 1.807) is 7.11 Å². The number of quaternary nitrogens is 2.